The van der Waals surface area contributed by atoms with E-state index in [9.17, 15) is 4.79 Å². The fraction of sp³-hybridized carbons (Fsp3) is 0.115. The highest BCUT2D eigenvalue weighted by Crippen LogP contribution is 2.24. The summed E-state index contributed by atoms with van der Waals surface area (Å²) < 4.78 is 1.81. The molecule has 0 aliphatic carbocycles. The van der Waals surface area contributed by atoms with Gasteiger partial charge in [0.2, 0.25) is 5.91 Å². The van der Waals surface area contributed by atoms with Crippen molar-refractivity contribution in [1.29, 1.82) is 0 Å². The fourth-order valence-electron chi connectivity index (χ4n) is 3.33. The van der Waals surface area contributed by atoms with Gasteiger partial charge in [0.15, 0.2) is 0 Å². The molecule has 1 amide bonds. The first-order valence-corrected chi connectivity index (χ1v) is 10.5. The molecule has 0 radical (unpaired) electrons. The van der Waals surface area contributed by atoms with E-state index in [0.29, 0.717) is 6.54 Å². The molecule has 160 valence electrons. The number of benzene rings is 2. The summed E-state index contributed by atoms with van der Waals surface area (Å²) in [4.78, 5) is 18.7. The summed E-state index contributed by atoms with van der Waals surface area (Å²) in [5.41, 5.74) is 4.58. The van der Waals surface area contributed by atoms with E-state index in [1.807, 2.05) is 90.7 Å². The molecule has 0 bridgehead atoms. The molecular weight excluding hydrogens is 398 g/mol. The minimum absolute atomic E-state index is 0.143. The van der Waals surface area contributed by atoms with Crippen molar-refractivity contribution in [3.63, 3.8) is 0 Å². The first-order valence-electron chi connectivity index (χ1n) is 10.5. The van der Waals surface area contributed by atoms with Crippen molar-refractivity contribution in [3.8, 4) is 16.9 Å². The number of hydrogen-bond donors (Lipinski definition) is 1. The van der Waals surface area contributed by atoms with Gasteiger partial charge in [0.25, 0.3) is 0 Å². The Balaban J connectivity index is 1.45. The van der Waals surface area contributed by atoms with Gasteiger partial charge in [-0.15, -0.1) is 0 Å². The molecule has 0 saturated carbocycles. The SMILES string of the molecule is CN(CCNC(=O)/C=C/c1cn(-c2ccccc2)nc1-c1cccnc1)c1ccccc1. The van der Waals surface area contributed by atoms with Crippen LogP contribution in [0.25, 0.3) is 23.0 Å². The molecule has 2 heterocycles. The van der Waals surface area contributed by atoms with Gasteiger partial charge in [0, 0.05) is 61.6 Å². The molecule has 0 saturated heterocycles. The Labute approximate surface area is 187 Å². The van der Waals surface area contributed by atoms with Gasteiger partial charge in [0.05, 0.1) is 5.69 Å². The van der Waals surface area contributed by atoms with Gasteiger partial charge in [-0.3, -0.25) is 9.78 Å². The Morgan fingerprint density at radius 3 is 2.50 bits per heavy atom. The fourth-order valence-corrected chi connectivity index (χ4v) is 3.33. The Kier molecular flexibility index (Phi) is 6.72. The highest BCUT2D eigenvalue weighted by atomic mass is 16.1. The monoisotopic (exact) mass is 423 g/mol. The molecule has 6 nitrogen and oxygen atoms in total. The van der Waals surface area contributed by atoms with Crippen molar-refractivity contribution in [3.05, 3.63) is 103 Å². The number of anilines is 1. The molecule has 0 aliphatic heterocycles. The molecule has 4 rings (SSSR count). The largest absolute Gasteiger partial charge is 0.373 e. The van der Waals surface area contributed by atoms with Crippen molar-refractivity contribution in [2.75, 3.05) is 25.0 Å². The van der Waals surface area contributed by atoms with Crippen LogP contribution in [0.3, 0.4) is 0 Å². The molecular formula is C26H25N5O. The second-order valence-corrected chi connectivity index (χ2v) is 7.34. The standard InChI is InChI=1S/C26H25N5O/c1-30(23-10-4-2-5-11-23)18-17-28-25(32)15-14-22-20-31(24-12-6-3-7-13-24)29-26(22)21-9-8-16-27-19-21/h2-16,19-20H,17-18H2,1H3,(H,28,32)/b15-14+. The quantitative estimate of drug-likeness (QED) is 0.432. The molecule has 4 aromatic rings. The van der Waals surface area contributed by atoms with Crippen LogP contribution in [0, 0.1) is 0 Å². The van der Waals surface area contributed by atoms with Crippen molar-refractivity contribution in [1.82, 2.24) is 20.1 Å². The lowest BCUT2D eigenvalue weighted by atomic mass is 10.1. The molecule has 0 atom stereocenters. The van der Waals surface area contributed by atoms with E-state index in [1.54, 1.807) is 24.5 Å². The molecule has 0 unspecified atom stereocenters. The molecule has 0 fully saturated rings. The van der Waals surface area contributed by atoms with Gasteiger partial charge in [-0.25, -0.2) is 4.68 Å². The molecule has 0 aliphatic rings. The van der Waals surface area contributed by atoms with E-state index in [0.717, 1.165) is 34.7 Å². The summed E-state index contributed by atoms with van der Waals surface area (Å²) in [5.74, 6) is -0.143. The third kappa shape index (κ3) is 5.29. The number of amides is 1. The van der Waals surface area contributed by atoms with Gasteiger partial charge < -0.3 is 10.2 Å². The maximum absolute atomic E-state index is 12.4. The van der Waals surface area contributed by atoms with E-state index in [-0.39, 0.29) is 5.91 Å². The average Bonchev–Trinajstić information content (AvgIpc) is 3.29. The highest BCUT2D eigenvalue weighted by molar-refractivity contribution is 5.92. The normalized spacial score (nSPS) is 10.9. The van der Waals surface area contributed by atoms with Crippen LogP contribution in [-0.4, -0.2) is 40.8 Å². The number of nitrogens with zero attached hydrogens (tertiary/aromatic N) is 4. The topological polar surface area (TPSA) is 63.1 Å². The van der Waals surface area contributed by atoms with Gasteiger partial charge >= 0.3 is 0 Å². The molecule has 0 spiro atoms. The molecule has 2 aromatic carbocycles. The van der Waals surface area contributed by atoms with Crippen LogP contribution in [0.4, 0.5) is 5.69 Å². The maximum Gasteiger partial charge on any atom is 0.244 e. The molecule has 1 N–H and O–H groups in total. The lowest BCUT2D eigenvalue weighted by molar-refractivity contribution is -0.116. The Morgan fingerprint density at radius 2 is 1.78 bits per heavy atom. The summed E-state index contributed by atoms with van der Waals surface area (Å²) >= 11 is 0. The Hall–Kier alpha value is -4.19. The van der Waals surface area contributed by atoms with Crippen LogP contribution in [-0.2, 0) is 4.79 Å². The molecule has 32 heavy (non-hydrogen) atoms. The number of rotatable bonds is 8. The van der Waals surface area contributed by atoms with E-state index in [2.05, 4.69) is 15.2 Å². The number of nitrogens with one attached hydrogen (secondary N) is 1. The summed E-state index contributed by atoms with van der Waals surface area (Å²) in [5, 5.41) is 7.68. The maximum atomic E-state index is 12.4. The van der Waals surface area contributed by atoms with Crippen LogP contribution < -0.4 is 10.2 Å². The number of pyridine rings is 1. The number of carbonyl (C=O) groups excluding carboxylic acids is 1. The zero-order valence-electron chi connectivity index (χ0n) is 17.9. The van der Waals surface area contributed by atoms with E-state index in [1.165, 1.54) is 0 Å². The summed E-state index contributed by atoms with van der Waals surface area (Å²) in [6.07, 6.45) is 8.77. The van der Waals surface area contributed by atoms with Gasteiger partial charge in [-0.05, 0) is 42.5 Å². The van der Waals surface area contributed by atoms with E-state index >= 15 is 0 Å². The van der Waals surface area contributed by atoms with Crippen LogP contribution in [0.5, 0.6) is 0 Å². The first-order chi connectivity index (χ1) is 15.7. The van der Waals surface area contributed by atoms with Gasteiger partial charge in [0.1, 0.15) is 5.69 Å². The second-order valence-electron chi connectivity index (χ2n) is 7.34. The highest BCUT2D eigenvalue weighted by Gasteiger charge is 2.11. The van der Waals surface area contributed by atoms with Gasteiger partial charge in [-0.2, -0.15) is 5.10 Å². The lowest BCUT2D eigenvalue weighted by Gasteiger charge is -2.19. The van der Waals surface area contributed by atoms with Crippen molar-refractivity contribution >= 4 is 17.7 Å². The first kappa shape index (κ1) is 21.1. The van der Waals surface area contributed by atoms with E-state index < -0.39 is 0 Å². The van der Waals surface area contributed by atoms with Gasteiger partial charge in [-0.1, -0.05) is 36.4 Å². The van der Waals surface area contributed by atoms with Crippen LogP contribution in [0.2, 0.25) is 0 Å². The number of hydrogen-bond acceptors (Lipinski definition) is 4. The van der Waals surface area contributed by atoms with Crippen LogP contribution >= 0.6 is 0 Å². The number of carbonyl (C=O) groups is 1. The van der Waals surface area contributed by atoms with Crippen molar-refractivity contribution in [2.24, 2.45) is 0 Å². The average molecular weight is 424 g/mol. The number of para-hydroxylation sites is 2. The van der Waals surface area contributed by atoms with E-state index in [4.69, 9.17) is 5.10 Å². The number of aromatic nitrogens is 3. The predicted molar refractivity (Wildman–Crippen MR) is 129 cm³/mol. The number of likely N-dealkylation sites (N-methyl/N-ethyl adjacent to an activating group) is 1. The zero-order chi connectivity index (χ0) is 22.2. The Morgan fingerprint density at radius 1 is 1.03 bits per heavy atom. The third-order valence-corrected chi connectivity index (χ3v) is 5.06. The molecule has 6 heteroatoms. The molecule has 2 aromatic heterocycles. The lowest BCUT2D eigenvalue weighted by Crippen LogP contribution is -2.31. The van der Waals surface area contributed by atoms with Crippen LogP contribution in [0.1, 0.15) is 5.56 Å². The summed E-state index contributed by atoms with van der Waals surface area (Å²) in [6, 6.07) is 23.8. The predicted octanol–water partition coefficient (Wildman–Crippen LogP) is 4.20. The Bertz CT molecular complexity index is 1170. The third-order valence-electron chi connectivity index (χ3n) is 5.06. The van der Waals surface area contributed by atoms with Crippen LogP contribution in [0.15, 0.2) is 97.5 Å². The minimum Gasteiger partial charge on any atom is -0.373 e. The van der Waals surface area contributed by atoms with Crippen molar-refractivity contribution in [2.45, 2.75) is 0 Å². The van der Waals surface area contributed by atoms with Crippen molar-refractivity contribution < 1.29 is 4.79 Å². The second kappa shape index (κ2) is 10.2. The zero-order valence-corrected chi connectivity index (χ0v) is 17.9. The summed E-state index contributed by atoms with van der Waals surface area (Å²) in [7, 11) is 2.01. The summed E-state index contributed by atoms with van der Waals surface area (Å²) in [6.45, 7) is 1.27. The minimum atomic E-state index is -0.143. The smallest absolute Gasteiger partial charge is 0.244 e.